The zero-order valence-corrected chi connectivity index (χ0v) is 39.4. The van der Waals surface area contributed by atoms with Crippen LogP contribution in [-0.4, -0.2) is 123 Å². The van der Waals surface area contributed by atoms with Gasteiger partial charge in [0.05, 0.1) is 52.0 Å². The molecular weight excluding hydrogens is 867 g/mol. The van der Waals surface area contributed by atoms with E-state index in [-0.39, 0.29) is 60.6 Å². The zero-order valence-electron chi connectivity index (χ0n) is 35.8. The molecule has 24 heteroatoms. The summed E-state index contributed by atoms with van der Waals surface area (Å²) in [5, 5.41) is 4.27. The van der Waals surface area contributed by atoms with Crippen molar-refractivity contribution in [3.05, 3.63) is 45.0 Å². The van der Waals surface area contributed by atoms with E-state index in [4.69, 9.17) is 37.3 Å². The molecule has 0 aromatic carbocycles. The number of hydrogen-bond acceptors (Lipinski definition) is 16. The van der Waals surface area contributed by atoms with Crippen LogP contribution in [-0.2, 0) is 37.3 Å². The third kappa shape index (κ3) is 14.3. The van der Waals surface area contributed by atoms with E-state index in [0.29, 0.717) is 24.7 Å². The predicted octanol–water partition coefficient (Wildman–Crippen LogP) is 6.13. The second kappa shape index (κ2) is 21.4. The van der Waals surface area contributed by atoms with Crippen LogP contribution in [0.15, 0.2) is 22.0 Å². The Morgan fingerprint density at radius 3 is 1.40 bits per heavy atom. The lowest BCUT2D eigenvalue weighted by atomic mass is 10.2. The maximum atomic E-state index is 14.8. The SMILES string of the molecule is CC(C)(C)[Si](C)(C)OC[C@@H]1O[C@H](n2cc(F)c(NC(=O)OCCOCCOCCOC(=O)Nc3nc(=O)n([C@@H]4CS[C@H](CO[Si](C)(C)C(C)(C)C)O4)cc3F)nc2=O)CS1. The van der Waals surface area contributed by atoms with Crippen LogP contribution in [0.25, 0.3) is 0 Å². The van der Waals surface area contributed by atoms with E-state index in [1.165, 1.54) is 23.5 Å². The Hall–Kier alpha value is -2.95. The smallest absolute Gasteiger partial charge is 0.412 e. The fourth-order valence-corrected chi connectivity index (χ4v) is 9.01. The van der Waals surface area contributed by atoms with Gasteiger partial charge in [-0.1, -0.05) is 41.5 Å². The predicted molar refractivity (Wildman–Crippen MR) is 228 cm³/mol. The van der Waals surface area contributed by atoms with Crippen LogP contribution < -0.4 is 22.0 Å². The summed E-state index contributed by atoms with van der Waals surface area (Å²) in [7, 11) is -4.00. The highest BCUT2D eigenvalue weighted by atomic mass is 32.2. The van der Waals surface area contributed by atoms with Crippen molar-refractivity contribution in [2.45, 2.75) is 101 Å². The maximum absolute atomic E-state index is 14.8. The van der Waals surface area contributed by atoms with Gasteiger partial charge in [-0.3, -0.25) is 19.8 Å². The van der Waals surface area contributed by atoms with E-state index in [1.54, 1.807) is 0 Å². The number of aromatic nitrogens is 4. The largest absolute Gasteiger partial charge is 0.447 e. The molecule has 2 aliphatic rings. The highest BCUT2D eigenvalue weighted by Crippen LogP contribution is 2.40. The van der Waals surface area contributed by atoms with Crippen molar-refractivity contribution >= 4 is 64.0 Å². The molecule has 0 aliphatic carbocycles. The molecule has 2 amide bonds. The first kappa shape index (κ1) is 49.7. The van der Waals surface area contributed by atoms with Crippen molar-refractivity contribution in [3.63, 3.8) is 0 Å². The third-order valence-electron chi connectivity index (χ3n) is 10.4. The highest BCUT2D eigenvalue weighted by molar-refractivity contribution is 8.00. The Bertz CT molecular complexity index is 1770. The summed E-state index contributed by atoms with van der Waals surface area (Å²) < 4.78 is 76.6. The van der Waals surface area contributed by atoms with Gasteiger partial charge in [-0.25, -0.2) is 28.0 Å². The number of carbonyl (C=O) groups excluding carboxylic acids is 2. The minimum Gasteiger partial charge on any atom is -0.447 e. The molecule has 2 fully saturated rings. The van der Waals surface area contributed by atoms with Crippen LogP contribution in [0.3, 0.4) is 0 Å². The van der Waals surface area contributed by atoms with Gasteiger partial charge in [-0.05, 0) is 36.3 Å². The number of amides is 2. The molecule has 0 radical (unpaired) electrons. The molecule has 2 aromatic rings. The molecule has 18 nitrogen and oxygen atoms in total. The van der Waals surface area contributed by atoms with Gasteiger partial charge in [0.1, 0.15) is 36.5 Å². The number of thioether (sulfide) groups is 2. The minimum atomic E-state index is -2.00. The molecule has 2 N–H and O–H groups in total. The molecule has 2 saturated heterocycles. The van der Waals surface area contributed by atoms with Gasteiger partial charge in [0, 0.05) is 11.5 Å². The number of hydrogen-bond donors (Lipinski definition) is 2. The van der Waals surface area contributed by atoms with Crippen LogP contribution in [0.2, 0.25) is 36.3 Å². The highest BCUT2D eigenvalue weighted by Gasteiger charge is 2.40. The number of nitrogens with one attached hydrogen (secondary N) is 2. The average molecular weight is 925 g/mol. The molecule has 0 spiro atoms. The Labute approximate surface area is 358 Å². The molecule has 2 aliphatic heterocycles. The minimum absolute atomic E-state index is 0.0253. The van der Waals surface area contributed by atoms with E-state index < -0.39 is 75.9 Å². The van der Waals surface area contributed by atoms with Crippen LogP contribution in [0.4, 0.5) is 30.0 Å². The van der Waals surface area contributed by atoms with Gasteiger partial charge in [0.25, 0.3) is 0 Å². The van der Waals surface area contributed by atoms with Crippen molar-refractivity contribution in [2.75, 3.05) is 75.0 Å². The number of nitrogens with zero attached hydrogens (tertiary/aromatic N) is 4. The lowest BCUT2D eigenvalue weighted by Crippen LogP contribution is -2.42. The summed E-state index contributed by atoms with van der Waals surface area (Å²) >= 11 is 2.92. The molecule has 60 heavy (non-hydrogen) atoms. The summed E-state index contributed by atoms with van der Waals surface area (Å²) in [6.45, 7) is 21.7. The second-order valence-corrected chi connectivity index (χ2v) is 28.9. The van der Waals surface area contributed by atoms with Gasteiger partial charge < -0.3 is 37.3 Å². The first-order valence-electron chi connectivity index (χ1n) is 19.4. The Morgan fingerprint density at radius 1 is 0.700 bits per heavy atom. The van der Waals surface area contributed by atoms with Crippen LogP contribution >= 0.6 is 23.5 Å². The van der Waals surface area contributed by atoms with Crippen molar-refractivity contribution in [2.24, 2.45) is 0 Å². The second-order valence-electron chi connectivity index (χ2n) is 16.9. The average Bonchev–Trinajstić information content (AvgIpc) is 3.83. The quantitative estimate of drug-likeness (QED) is 0.120. The first-order chi connectivity index (χ1) is 28.0. The number of ether oxygens (including phenoxy) is 6. The standard InChI is InChI=1S/C36H58F2N6O12S2Si2/c1-35(2,3)59(7,8)53-19-27-55-25(21-57-27)43-17-23(37)29(39-31(43)45)41-33(47)51-15-13-49-11-12-50-14-16-52-34(48)42-30-24(38)18-44(32(46)40-30)26-22-58-28(56-26)20-54-60(9,10)36(4,5)6/h17-18,25-28H,11-16,19-22H2,1-10H3,(H,39,41,45,47)(H,40,42,46,48)/t25-,26-,27+,28+/m0/s1. The van der Waals surface area contributed by atoms with Crippen LogP contribution in [0, 0.1) is 11.6 Å². The summed E-state index contributed by atoms with van der Waals surface area (Å²) in [5.74, 6) is -2.29. The van der Waals surface area contributed by atoms with Crippen molar-refractivity contribution in [1.82, 2.24) is 19.1 Å². The van der Waals surface area contributed by atoms with Crippen molar-refractivity contribution in [1.29, 1.82) is 0 Å². The Morgan fingerprint density at radius 2 is 1.05 bits per heavy atom. The number of carbonyl (C=O) groups is 2. The summed E-state index contributed by atoms with van der Waals surface area (Å²) in [6.07, 6.45) is -1.72. The molecule has 0 saturated carbocycles. The van der Waals surface area contributed by atoms with Gasteiger partial charge in [-0.2, -0.15) is 9.97 Å². The molecule has 2 aromatic heterocycles. The summed E-state index contributed by atoms with van der Waals surface area (Å²) in [5.41, 5.74) is -2.26. The van der Waals surface area contributed by atoms with E-state index >= 15 is 0 Å². The van der Waals surface area contributed by atoms with E-state index in [2.05, 4.69) is 88.3 Å². The normalized spacial score (nSPS) is 20.0. The topological polar surface area (TPSA) is 202 Å². The molecule has 0 bridgehead atoms. The van der Waals surface area contributed by atoms with Crippen molar-refractivity contribution < 1.29 is 55.6 Å². The molecule has 338 valence electrons. The third-order valence-corrected chi connectivity index (χ3v) is 21.6. The first-order valence-corrected chi connectivity index (χ1v) is 27.3. The summed E-state index contributed by atoms with van der Waals surface area (Å²) in [4.78, 5) is 57.0. The molecular formula is C36H58F2N6O12S2Si2. The molecule has 4 heterocycles. The molecule has 0 unspecified atom stereocenters. The lowest BCUT2D eigenvalue weighted by molar-refractivity contribution is -0.00466. The number of anilines is 2. The van der Waals surface area contributed by atoms with Gasteiger partial charge in [-0.15, -0.1) is 23.5 Å². The Balaban J connectivity index is 1.06. The lowest BCUT2D eigenvalue weighted by Gasteiger charge is -2.36. The van der Waals surface area contributed by atoms with E-state index in [1.807, 2.05) is 0 Å². The van der Waals surface area contributed by atoms with E-state index in [0.717, 1.165) is 21.5 Å². The van der Waals surface area contributed by atoms with Crippen LogP contribution in [0.5, 0.6) is 0 Å². The van der Waals surface area contributed by atoms with Gasteiger partial charge in [0.15, 0.2) is 39.9 Å². The van der Waals surface area contributed by atoms with Crippen LogP contribution in [0.1, 0.15) is 54.0 Å². The van der Waals surface area contributed by atoms with Gasteiger partial charge >= 0.3 is 23.6 Å². The number of rotatable bonds is 19. The molecule has 4 atom stereocenters. The fraction of sp³-hybridized carbons (Fsp3) is 0.722. The van der Waals surface area contributed by atoms with E-state index in [9.17, 15) is 28.0 Å². The Kier molecular flexibility index (Phi) is 17.7. The number of halogens is 2. The van der Waals surface area contributed by atoms with Gasteiger partial charge in [0.2, 0.25) is 0 Å². The monoisotopic (exact) mass is 924 g/mol. The van der Waals surface area contributed by atoms with Crippen molar-refractivity contribution in [3.8, 4) is 0 Å². The zero-order chi connectivity index (χ0) is 44.5. The fourth-order valence-electron chi connectivity index (χ4n) is 4.79. The molecule has 4 rings (SSSR count). The maximum Gasteiger partial charge on any atom is 0.412 e. The summed E-state index contributed by atoms with van der Waals surface area (Å²) in [6, 6.07) is 0.